The molecule has 0 fully saturated rings. The molecule has 0 rings (SSSR count). The minimum Gasteiger partial charge on any atom is -0.303 e. The highest BCUT2D eigenvalue weighted by Crippen LogP contribution is 2.52. The first kappa shape index (κ1) is 22.1. The average Bonchev–Trinajstić information content (AvgIpc) is 2.17. The second-order valence-electron chi connectivity index (χ2n) is 8.72. The molecule has 0 atom stereocenters. The summed E-state index contributed by atoms with van der Waals surface area (Å²) >= 11 is 0. The minimum absolute atomic E-state index is 0.0133. The van der Waals surface area contributed by atoms with Crippen molar-refractivity contribution < 1.29 is 18.9 Å². The van der Waals surface area contributed by atoms with Crippen molar-refractivity contribution in [1.29, 1.82) is 0 Å². The van der Waals surface area contributed by atoms with E-state index in [1.165, 1.54) is 0 Å². The Kier molecular flexibility index (Phi) is 6.92. The quantitative estimate of drug-likeness (QED) is 0.716. The van der Waals surface area contributed by atoms with Gasteiger partial charge in [0.15, 0.2) is 0 Å². The van der Waals surface area contributed by atoms with E-state index in [9.17, 15) is 14.4 Å². The maximum atomic E-state index is 11.3. The summed E-state index contributed by atoms with van der Waals surface area (Å²) in [5, 5.41) is 0. The number of rotatable bonds is 6. The largest absolute Gasteiger partial charge is 0.469 e. The zero-order chi connectivity index (χ0) is 18.1. The van der Waals surface area contributed by atoms with Crippen molar-refractivity contribution in [1.82, 2.24) is 4.90 Å². The summed E-state index contributed by atoms with van der Waals surface area (Å²) in [6, 6.07) is 0.442. The van der Waals surface area contributed by atoms with E-state index in [4.69, 9.17) is 4.52 Å². The summed E-state index contributed by atoms with van der Waals surface area (Å²) in [5.74, 6) is 0. The Labute approximate surface area is 136 Å². The maximum absolute atomic E-state index is 11.3. The van der Waals surface area contributed by atoms with Gasteiger partial charge in [0, 0.05) is 12.1 Å². The first-order valence-electron chi connectivity index (χ1n) is 7.96. The first-order valence-corrected chi connectivity index (χ1v) is 9.49. The second kappa shape index (κ2) is 6.90. The molecule has 0 aromatic rings. The molecular weight excluding hydrogens is 301 g/mol. The lowest BCUT2D eigenvalue weighted by atomic mass is 9.58. The van der Waals surface area contributed by atoms with Crippen molar-refractivity contribution in [3.8, 4) is 0 Å². The van der Waals surface area contributed by atoms with E-state index in [0.29, 0.717) is 0 Å². The Balaban J connectivity index is 6.28. The molecule has 0 aliphatic rings. The molecule has 6 heteroatoms. The van der Waals surface area contributed by atoms with Crippen molar-refractivity contribution in [3.63, 3.8) is 0 Å². The van der Waals surface area contributed by atoms with Gasteiger partial charge in [0.05, 0.1) is 12.1 Å². The molecule has 0 heterocycles. The van der Waals surface area contributed by atoms with E-state index < -0.39 is 13.4 Å². The third-order valence-corrected chi connectivity index (χ3v) is 4.94. The Morgan fingerprint density at radius 3 is 1.41 bits per heavy atom. The number of hydrogen-bond donors (Lipinski definition) is 2. The molecule has 0 saturated heterocycles. The topological polar surface area (TPSA) is 70.0 Å². The van der Waals surface area contributed by atoms with Gasteiger partial charge in [0.2, 0.25) is 0 Å². The van der Waals surface area contributed by atoms with Crippen LogP contribution in [-0.4, -0.2) is 38.9 Å². The third-order valence-electron chi connectivity index (χ3n) is 4.48. The van der Waals surface area contributed by atoms with Crippen molar-refractivity contribution in [2.45, 2.75) is 86.9 Å². The molecule has 0 unspecified atom stereocenters. The zero-order valence-corrected chi connectivity index (χ0v) is 16.9. The van der Waals surface area contributed by atoms with Crippen LogP contribution in [0.1, 0.15) is 69.2 Å². The molecule has 0 aliphatic heterocycles. The molecule has 134 valence electrons. The highest BCUT2D eigenvalue weighted by molar-refractivity contribution is 7.46. The van der Waals surface area contributed by atoms with E-state index in [0.717, 1.165) is 0 Å². The van der Waals surface area contributed by atoms with Crippen LogP contribution in [0.3, 0.4) is 0 Å². The van der Waals surface area contributed by atoms with Crippen LogP contribution in [0.25, 0.3) is 0 Å². The van der Waals surface area contributed by atoms with E-state index in [1.807, 2.05) is 0 Å². The Hall–Kier alpha value is 0.0700. The number of phosphoric acid groups is 1. The molecule has 0 aliphatic carbocycles. The van der Waals surface area contributed by atoms with Gasteiger partial charge in [-0.1, -0.05) is 41.5 Å². The molecule has 0 aromatic heterocycles. The van der Waals surface area contributed by atoms with Crippen LogP contribution in [0.2, 0.25) is 0 Å². The van der Waals surface area contributed by atoms with E-state index >= 15 is 0 Å². The summed E-state index contributed by atoms with van der Waals surface area (Å²) in [6.45, 7) is 21.1. The molecule has 5 nitrogen and oxygen atoms in total. The van der Waals surface area contributed by atoms with Crippen molar-refractivity contribution >= 4 is 7.82 Å². The molecule has 0 amide bonds. The predicted octanol–water partition coefficient (Wildman–Crippen LogP) is 4.05. The van der Waals surface area contributed by atoms with E-state index in [1.54, 1.807) is 0 Å². The van der Waals surface area contributed by atoms with Gasteiger partial charge in [-0.15, -0.1) is 0 Å². The smallest absolute Gasteiger partial charge is 0.303 e. The minimum atomic E-state index is -4.53. The van der Waals surface area contributed by atoms with Gasteiger partial charge >= 0.3 is 7.82 Å². The highest BCUT2D eigenvalue weighted by Gasteiger charge is 2.56. The van der Waals surface area contributed by atoms with Gasteiger partial charge in [-0.2, -0.15) is 0 Å². The summed E-state index contributed by atoms with van der Waals surface area (Å²) in [7, 11) is -4.53. The van der Waals surface area contributed by atoms with Crippen LogP contribution in [0.15, 0.2) is 0 Å². The van der Waals surface area contributed by atoms with Crippen LogP contribution in [0.4, 0.5) is 0 Å². The van der Waals surface area contributed by atoms with Gasteiger partial charge in [-0.05, 0) is 38.5 Å². The van der Waals surface area contributed by atoms with Crippen molar-refractivity contribution in [3.05, 3.63) is 0 Å². The van der Waals surface area contributed by atoms with E-state index in [2.05, 4.69) is 74.1 Å². The fourth-order valence-corrected chi connectivity index (χ4v) is 4.42. The average molecular weight is 337 g/mol. The molecular formula is C16H36NO4P. The fourth-order valence-electron chi connectivity index (χ4n) is 4.06. The SMILES string of the molecule is CC(C)N(C(C)C)C(COP(=O)(O)O)(C(C)(C)C)C(C)(C)C. The van der Waals surface area contributed by atoms with Crippen molar-refractivity contribution in [2.75, 3.05) is 6.61 Å². The number of phosphoric ester groups is 1. The molecule has 0 bridgehead atoms. The Morgan fingerprint density at radius 1 is 0.909 bits per heavy atom. The second-order valence-corrected chi connectivity index (χ2v) is 9.96. The monoisotopic (exact) mass is 337 g/mol. The van der Waals surface area contributed by atoms with Crippen LogP contribution in [0, 0.1) is 10.8 Å². The molecule has 2 N–H and O–H groups in total. The zero-order valence-electron chi connectivity index (χ0n) is 16.0. The molecule has 0 radical (unpaired) electrons. The number of hydrogen-bond acceptors (Lipinski definition) is 3. The van der Waals surface area contributed by atoms with Gasteiger partial charge in [-0.25, -0.2) is 4.57 Å². The third kappa shape index (κ3) is 4.78. The lowest BCUT2D eigenvalue weighted by Gasteiger charge is -2.62. The normalized spacial score (nSPS) is 15.2. The van der Waals surface area contributed by atoms with Crippen LogP contribution >= 0.6 is 7.82 Å². The summed E-state index contributed by atoms with van der Waals surface area (Å²) in [4.78, 5) is 20.8. The lowest BCUT2D eigenvalue weighted by molar-refractivity contribution is -0.142. The van der Waals surface area contributed by atoms with E-state index in [-0.39, 0.29) is 29.5 Å². The van der Waals surface area contributed by atoms with Crippen LogP contribution in [0.5, 0.6) is 0 Å². The van der Waals surface area contributed by atoms with Crippen LogP contribution < -0.4 is 0 Å². The molecule has 0 spiro atoms. The maximum Gasteiger partial charge on any atom is 0.469 e. The molecule has 0 aromatic carbocycles. The first-order chi connectivity index (χ1) is 9.47. The van der Waals surface area contributed by atoms with Gasteiger partial charge in [0.25, 0.3) is 0 Å². The Morgan fingerprint density at radius 2 is 1.23 bits per heavy atom. The summed E-state index contributed by atoms with van der Waals surface area (Å²) < 4.78 is 16.4. The lowest BCUT2D eigenvalue weighted by Crippen LogP contribution is -2.70. The summed E-state index contributed by atoms with van der Waals surface area (Å²) in [5.41, 5.74) is -1.02. The molecule has 0 saturated carbocycles. The predicted molar refractivity (Wildman–Crippen MR) is 91.7 cm³/mol. The molecule has 22 heavy (non-hydrogen) atoms. The number of nitrogens with zero attached hydrogens (tertiary/aromatic N) is 1. The highest BCUT2D eigenvalue weighted by atomic mass is 31.2. The summed E-state index contributed by atoms with van der Waals surface area (Å²) in [6.07, 6.45) is 0. The standard InChI is InChI=1S/C16H36NO4P/c1-12(2)17(13(3)4)16(14(5,6)7,15(8,9)10)11-21-22(18,19)20/h12-13H,11H2,1-10H3,(H2,18,19,20). The Bertz CT molecular complexity index is 379. The van der Waals surface area contributed by atoms with Crippen molar-refractivity contribution in [2.24, 2.45) is 10.8 Å². The van der Waals surface area contributed by atoms with Crippen LogP contribution in [-0.2, 0) is 9.09 Å². The van der Waals surface area contributed by atoms with Gasteiger partial charge < -0.3 is 9.79 Å². The van der Waals surface area contributed by atoms with Gasteiger partial charge in [-0.3, -0.25) is 9.42 Å². The van der Waals surface area contributed by atoms with Gasteiger partial charge in [0.1, 0.15) is 0 Å². The fraction of sp³-hybridized carbons (Fsp3) is 1.00.